The van der Waals surface area contributed by atoms with E-state index in [1.165, 1.54) is 12.1 Å². The van der Waals surface area contributed by atoms with E-state index in [9.17, 15) is 37.5 Å². The molecular weight excluding hydrogens is 831 g/mol. The minimum atomic E-state index is -5.25. The zero-order valence-electron chi connectivity index (χ0n) is 33.6. The summed E-state index contributed by atoms with van der Waals surface area (Å²) in [5, 5.41) is 20.4. The van der Waals surface area contributed by atoms with E-state index in [2.05, 4.69) is 39.8 Å². The molecule has 2 amide bonds. The molecule has 4 aromatic carbocycles. The number of morpholine rings is 1. The van der Waals surface area contributed by atoms with Crippen molar-refractivity contribution in [3.05, 3.63) is 123 Å². The van der Waals surface area contributed by atoms with Crippen molar-refractivity contribution in [3.8, 4) is 16.9 Å². The highest BCUT2D eigenvalue weighted by molar-refractivity contribution is 6.31. The van der Waals surface area contributed by atoms with Crippen molar-refractivity contribution < 1.29 is 51.4 Å². The van der Waals surface area contributed by atoms with Crippen LogP contribution in [0.1, 0.15) is 42.1 Å². The molecular formula is C45H44ClF3N5O8+. The molecule has 324 valence electrons. The number of halogens is 4. The normalized spacial score (nSPS) is 21.4. The number of amides is 2. The Hall–Kier alpha value is -5.78. The van der Waals surface area contributed by atoms with Crippen LogP contribution in [-0.2, 0) is 32.0 Å². The molecule has 13 nitrogen and oxygen atoms in total. The zero-order chi connectivity index (χ0) is 43.9. The van der Waals surface area contributed by atoms with Gasteiger partial charge in [-0.15, -0.1) is 0 Å². The van der Waals surface area contributed by atoms with Gasteiger partial charge in [0.1, 0.15) is 30.4 Å². The summed E-state index contributed by atoms with van der Waals surface area (Å²) in [6, 6.07) is 25.9. The van der Waals surface area contributed by atoms with Crippen LogP contribution in [0.3, 0.4) is 0 Å². The molecule has 5 aromatic rings. The molecule has 0 spiro atoms. The number of piperidine rings is 1. The van der Waals surface area contributed by atoms with Gasteiger partial charge in [-0.2, -0.15) is 13.2 Å². The quantitative estimate of drug-likeness (QED) is 0.0361. The molecule has 3 saturated heterocycles. The summed E-state index contributed by atoms with van der Waals surface area (Å²) in [4.78, 5) is 52.2. The molecule has 6 atom stereocenters. The molecule has 4 heterocycles. The standard InChI is InChI=1S/C45H43ClF3N5O8/c1-54(2)34-20-28(21-35(54)42-41(34)62-42)60-44(59)52-33-18-24(8-12-29(33)25-6-4-3-5-7-25)9-16-38(56)51-27-11-10-26(32(46)19-27)22-50-23-36(55)30-13-15-37(61-43(58)45(47,48)49)40-31(30)14-17-39(57)53-40/h3-8,10-15,17-19,28,34-36,41-42,50,55H,9,16,20-23H2,1-2H3,(H2-,51,52,53,56,57,59)/p+1/t28?,34-,35+,36-,41-,42+/m0/s1. The Morgan fingerprint density at radius 2 is 1.69 bits per heavy atom. The van der Waals surface area contributed by atoms with Gasteiger partial charge in [-0.3, -0.25) is 14.9 Å². The van der Waals surface area contributed by atoms with E-state index in [-0.39, 0.29) is 60.2 Å². The van der Waals surface area contributed by atoms with Gasteiger partial charge in [-0.05, 0) is 59.0 Å². The van der Waals surface area contributed by atoms with E-state index in [4.69, 9.17) is 21.1 Å². The Labute approximate surface area is 358 Å². The number of ether oxygens (including phenoxy) is 3. The number of hydrogen-bond acceptors (Lipinski definition) is 9. The molecule has 0 radical (unpaired) electrons. The third-order valence-electron chi connectivity index (χ3n) is 12.0. The molecule has 62 heavy (non-hydrogen) atoms. The number of hydrogen-bond donors (Lipinski definition) is 5. The topological polar surface area (TPSA) is 171 Å². The number of quaternary nitrogens is 1. The monoisotopic (exact) mass is 874 g/mol. The molecule has 1 aromatic heterocycles. The molecule has 2 bridgehead atoms. The number of H-pyrrole nitrogens is 1. The number of aliphatic hydroxyl groups is 1. The molecule has 5 N–H and O–H groups in total. The summed E-state index contributed by atoms with van der Waals surface area (Å²) in [5.41, 5.74) is 3.73. The summed E-state index contributed by atoms with van der Waals surface area (Å²) in [7, 11) is 4.45. The Kier molecular flexibility index (Phi) is 11.9. The van der Waals surface area contributed by atoms with Gasteiger partial charge in [-0.25, -0.2) is 9.59 Å². The van der Waals surface area contributed by atoms with Crippen molar-refractivity contribution in [1.29, 1.82) is 0 Å². The number of likely N-dealkylation sites (N-methyl/N-ethyl adjacent to an activating group) is 1. The maximum atomic E-state index is 13.3. The van der Waals surface area contributed by atoms with Gasteiger partial charge >= 0.3 is 18.2 Å². The fraction of sp³-hybridized carbons (Fsp3) is 0.333. The van der Waals surface area contributed by atoms with Gasteiger partial charge in [0.15, 0.2) is 5.75 Å². The predicted octanol–water partition coefficient (Wildman–Crippen LogP) is 7.02. The lowest BCUT2D eigenvalue weighted by Gasteiger charge is -2.45. The molecule has 0 saturated carbocycles. The van der Waals surface area contributed by atoms with Gasteiger partial charge in [0.05, 0.1) is 31.4 Å². The number of aryl methyl sites for hydroxylation is 1. The zero-order valence-corrected chi connectivity index (χ0v) is 34.4. The van der Waals surface area contributed by atoms with Crippen molar-refractivity contribution in [3.63, 3.8) is 0 Å². The number of nitrogens with zero attached hydrogens (tertiary/aromatic N) is 1. The van der Waals surface area contributed by atoms with E-state index in [0.29, 0.717) is 40.5 Å². The number of epoxide rings is 1. The highest BCUT2D eigenvalue weighted by Crippen LogP contribution is 2.51. The van der Waals surface area contributed by atoms with E-state index in [0.717, 1.165) is 46.1 Å². The number of aromatic nitrogens is 1. The predicted molar refractivity (Wildman–Crippen MR) is 225 cm³/mol. The Balaban J connectivity index is 0.851. The molecule has 3 fully saturated rings. The number of aromatic amines is 1. The maximum Gasteiger partial charge on any atom is 0.491 e. The van der Waals surface area contributed by atoms with Gasteiger partial charge < -0.3 is 39.4 Å². The van der Waals surface area contributed by atoms with E-state index in [1.807, 2.05) is 48.5 Å². The molecule has 3 aliphatic rings. The number of carbonyl (C=O) groups excluding carboxylic acids is 3. The molecule has 8 rings (SSSR count). The van der Waals surface area contributed by atoms with Crippen LogP contribution in [0.2, 0.25) is 5.02 Å². The molecule has 0 aliphatic carbocycles. The van der Waals surface area contributed by atoms with Crippen LogP contribution < -0.4 is 26.2 Å². The number of rotatable bonds is 13. The summed E-state index contributed by atoms with van der Waals surface area (Å²) >= 11 is 6.57. The van der Waals surface area contributed by atoms with Gasteiger partial charge in [-0.1, -0.05) is 66.2 Å². The lowest BCUT2D eigenvalue weighted by atomic mass is 9.96. The number of carbonyl (C=O) groups is 3. The first-order chi connectivity index (χ1) is 29.5. The summed E-state index contributed by atoms with van der Waals surface area (Å²) < 4.78 is 55.7. The second kappa shape index (κ2) is 17.2. The number of anilines is 2. The summed E-state index contributed by atoms with van der Waals surface area (Å²) in [6.07, 6.45) is -4.64. The average molecular weight is 875 g/mol. The fourth-order valence-electron chi connectivity index (χ4n) is 8.80. The first-order valence-electron chi connectivity index (χ1n) is 20.1. The summed E-state index contributed by atoms with van der Waals surface area (Å²) in [6.45, 7) is 0.184. The SMILES string of the molecule is C[N+]1(C)[C@@H]2CC(OC(=O)Nc3cc(CCC(=O)Nc4ccc(CNC[C@H](O)c5ccc(OC(=O)C(F)(F)F)c6[nH]c(=O)ccc56)c(Cl)c4)ccc3-c3ccccc3)C[C@H]1[C@@H]1O[C@@H]12. The number of alkyl halides is 3. The van der Waals surface area contributed by atoms with E-state index in [1.54, 1.807) is 18.2 Å². The number of aliphatic hydroxyl groups excluding tert-OH is 1. The average Bonchev–Trinajstić information content (AvgIpc) is 4.00. The third kappa shape index (κ3) is 9.20. The van der Waals surface area contributed by atoms with Crippen LogP contribution in [0.5, 0.6) is 5.75 Å². The minimum absolute atomic E-state index is 0.0225. The number of benzene rings is 4. The Morgan fingerprint density at radius 1 is 0.952 bits per heavy atom. The van der Waals surface area contributed by atoms with Crippen molar-refractivity contribution in [1.82, 2.24) is 10.3 Å². The number of pyridine rings is 1. The van der Waals surface area contributed by atoms with Crippen LogP contribution in [0.15, 0.2) is 95.8 Å². The lowest BCUT2D eigenvalue weighted by Crippen LogP contribution is -2.60. The third-order valence-corrected chi connectivity index (χ3v) is 12.4. The number of fused-ring (bicyclic) bond motifs is 6. The largest absolute Gasteiger partial charge is 0.491 e. The Bertz CT molecular complexity index is 2570. The second-order valence-electron chi connectivity index (χ2n) is 16.4. The van der Waals surface area contributed by atoms with Crippen LogP contribution in [0, 0.1) is 0 Å². The smallest absolute Gasteiger partial charge is 0.445 e. The van der Waals surface area contributed by atoms with Gasteiger partial charge in [0.25, 0.3) is 0 Å². The minimum Gasteiger partial charge on any atom is -0.445 e. The fourth-order valence-corrected chi connectivity index (χ4v) is 9.04. The van der Waals surface area contributed by atoms with Crippen LogP contribution in [-0.4, -0.2) is 89.8 Å². The lowest BCUT2D eigenvalue weighted by molar-refractivity contribution is -0.938. The first-order valence-corrected chi connectivity index (χ1v) is 20.5. The number of nitrogens with one attached hydrogen (secondary N) is 4. The van der Waals surface area contributed by atoms with Gasteiger partial charge in [0.2, 0.25) is 11.5 Å². The first kappa shape index (κ1) is 42.9. The van der Waals surface area contributed by atoms with Crippen molar-refractivity contribution in [2.75, 3.05) is 31.3 Å². The molecule has 3 aliphatic heterocycles. The summed E-state index contributed by atoms with van der Waals surface area (Å²) in [5.74, 6) is -3.22. The maximum absolute atomic E-state index is 13.3. The molecule has 1 unspecified atom stereocenters. The number of esters is 1. The molecule has 17 heteroatoms. The van der Waals surface area contributed by atoms with Crippen molar-refractivity contribution in [2.45, 2.75) is 74.9 Å². The highest BCUT2D eigenvalue weighted by Gasteiger charge is 2.70. The van der Waals surface area contributed by atoms with E-state index >= 15 is 0 Å². The van der Waals surface area contributed by atoms with Crippen LogP contribution in [0.25, 0.3) is 22.0 Å². The van der Waals surface area contributed by atoms with Crippen molar-refractivity contribution >= 4 is 51.8 Å². The Morgan fingerprint density at radius 3 is 2.40 bits per heavy atom. The van der Waals surface area contributed by atoms with Gasteiger partial charge in [0, 0.05) is 60.1 Å². The van der Waals surface area contributed by atoms with Crippen LogP contribution in [0.4, 0.5) is 29.3 Å². The van der Waals surface area contributed by atoms with E-state index < -0.39 is 35.7 Å². The highest BCUT2D eigenvalue weighted by atomic mass is 35.5. The second-order valence-corrected chi connectivity index (χ2v) is 16.8. The van der Waals surface area contributed by atoms with Crippen LogP contribution >= 0.6 is 11.6 Å². The van der Waals surface area contributed by atoms with Crippen molar-refractivity contribution in [2.24, 2.45) is 0 Å².